The summed E-state index contributed by atoms with van der Waals surface area (Å²) in [5.41, 5.74) is 1.84. The van der Waals surface area contributed by atoms with E-state index in [4.69, 9.17) is 21.1 Å². The summed E-state index contributed by atoms with van der Waals surface area (Å²) in [4.78, 5) is 0. The molecule has 1 unspecified atom stereocenters. The molecule has 0 amide bonds. The largest absolute Gasteiger partial charge is 0.489 e. The maximum Gasteiger partial charge on any atom is 0.124 e. The van der Waals surface area contributed by atoms with Gasteiger partial charge < -0.3 is 14.8 Å². The topological polar surface area (TPSA) is 30.5 Å². The first kappa shape index (κ1) is 17.2. The first-order chi connectivity index (χ1) is 11.7. The van der Waals surface area contributed by atoms with Gasteiger partial charge in [0.2, 0.25) is 0 Å². The van der Waals surface area contributed by atoms with Crippen molar-refractivity contribution in [2.75, 3.05) is 13.2 Å². The maximum absolute atomic E-state index is 13.1. The molecule has 0 saturated carbocycles. The second kappa shape index (κ2) is 8.47. The van der Waals surface area contributed by atoms with Crippen LogP contribution in [0.4, 0.5) is 4.39 Å². The maximum atomic E-state index is 13.1. The summed E-state index contributed by atoms with van der Waals surface area (Å²) >= 11 is 6.05. The summed E-state index contributed by atoms with van der Waals surface area (Å²) in [6, 6.07) is 12.2. The third-order valence-electron chi connectivity index (χ3n) is 4.08. The van der Waals surface area contributed by atoms with Crippen LogP contribution in [0, 0.1) is 5.82 Å². The molecule has 2 aromatic rings. The van der Waals surface area contributed by atoms with E-state index in [9.17, 15) is 4.39 Å². The molecule has 0 radical (unpaired) electrons. The molecule has 1 fully saturated rings. The standard InChI is InChI=1S/C19H21ClFNO2/c20-18-10-16(21)8-7-15(18)13-24-19-6-2-1-4-14(19)11-22-12-17-5-3-9-23-17/h1-2,4,6-8,10,17,22H,3,5,9,11-13H2. The van der Waals surface area contributed by atoms with Gasteiger partial charge in [-0.15, -0.1) is 0 Å². The molecular formula is C19H21ClFNO2. The Bertz CT molecular complexity index is 674. The van der Waals surface area contributed by atoms with E-state index in [-0.39, 0.29) is 5.82 Å². The predicted octanol–water partition coefficient (Wildman–Crippen LogP) is 4.33. The fraction of sp³-hybridized carbons (Fsp3) is 0.368. The van der Waals surface area contributed by atoms with Gasteiger partial charge in [-0.2, -0.15) is 0 Å². The van der Waals surface area contributed by atoms with Gasteiger partial charge in [-0.05, 0) is 31.0 Å². The molecule has 1 saturated heterocycles. The molecule has 1 N–H and O–H groups in total. The first-order valence-corrected chi connectivity index (χ1v) is 8.57. The molecule has 0 aromatic heterocycles. The zero-order valence-corrected chi connectivity index (χ0v) is 14.2. The molecule has 24 heavy (non-hydrogen) atoms. The monoisotopic (exact) mass is 349 g/mol. The number of hydrogen-bond acceptors (Lipinski definition) is 3. The zero-order valence-electron chi connectivity index (χ0n) is 13.4. The van der Waals surface area contributed by atoms with Gasteiger partial charge in [0.1, 0.15) is 18.2 Å². The summed E-state index contributed by atoms with van der Waals surface area (Å²) < 4.78 is 24.6. The molecule has 1 aliphatic rings. The van der Waals surface area contributed by atoms with Crippen molar-refractivity contribution in [1.82, 2.24) is 5.32 Å². The lowest BCUT2D eigenvalue weighted by Crippen LogP contribution is -2.25. The third-order valence-corrected chi connectivity index (χ3v) is 4.43. The first-order valence-electron chi connectivity index (χ1n) is 8.19. The summed E-state index contributed by atoms with van der Waals surface area (Å²) in [6.45, 7) is 2.73. The van der Waals surface area contributed by atoms with E-state index in [2.05, 4.69) is 5.32 Å². The van der Waals surface area contributed by atoms with Crippen molar-refractivity contribution in [2.45, 2.75) is 32.1 Å². The van der Waals surface area contributed by atoms with Crippen molar-refractivity contribution in [2.24, 2.45) is 0 Å². The van der Waals surface area contributed by atoms with E-state index >= 15 is 0 Å². The Morgan fingerprint density at radius 1 is 1.21 bits per heavy atom. The molecular weight excluding hydrogens is 329 g/mol. The highest BCUT2D eigenvalue weighted by Gasteiger charge is 2.15. The summed E-state index contributed by atoms with van der Waals surface area (Å²) in [7, 11) is 0. The number of hydrogen-bond donors (Lipinski definition) is 1. The van der Waals surface area contributed by atoms with Crippen LogP contribution in [0.25, 0.3) is 0 Å². The third kappa shape index (κ3) is 4.69. The number of para-hydroxylation sites is 1. The molecule has 1 aliphatic heterocycles. The highest BCUT2D eigenvalue weighted by Crippen LogP contribution is 2.23. The molecule has 3 nitrogen and oxygen atoms in total. The minimum Gasteiger partial charge on any atom is -0.489 e. The molecule has 1 heterocycles. The number of halogens is 2. The van der Waals surface area contributed by atoms with Gasteiger partial charge in [-0.1, -0.05) is 35.9 Å². The van der Waals surface area contributed by atoms with Gasteiger partial charge in [0.25, 0.3) is 0 Å². The molecule has 3 rings (SSSR count). The lowest BCUT2D eigenvalue weighted by atomic mass is 10.2. The Balaban J connectivity index is 1.56. The van der Waals surface area contributed by atoms with E-state index in [1.165, 1.54) is 12.1 Å². The normalized spacial score (nSPS) is 17.2. The van der Waals surface area contributed by atoms with Crippen LogP contribution < -0.4 is 10.1 Å². The number of ether oxygens (including phenoxy) is 2. The van der Waals surface area contributed by atoms with Crippen LogP contribution in [0.2, 0.25) is 5.02 Å². The van der Waals surface area contributed by atoms with Gasteiger partial charge in [-0.25, -0.2) is 4.39 Å². The SMILES string of the molecule is Fc1ccc(COc2ccccc2CNCC2CCCO2)c(Cl)c1. The highest BCUT2D eigenvalue weighted by molar-refractivity contribution is 6.31. The van der Waals surface area contributed by atoms with Crippen LogP contribution in [0.1, 0.15) is 24.0 Å². The molecule has 5 heteroatoms. The Morgan fingerprint density at radius 3 is 2.88 bits per heavy atom. The fourth-order valence-electron chi connectivity index (χ4n) is 2.76. The van der Waals surface area contributed by atoms with Crippen molar-refractivity contribution < 1.29 is 13.9 Å². The van der Waals surface area contributed by atoms with Crippen molar-refractivity contribution in [1.29, 1.82) is 0 Å². The number of benzene rings is 2. The van der Waals surface area contributed by atoms with Crippen LogP contribution in [0.5, 0.6) is 5.75 Å². The second-order valence-corrected chi connectivity index (χ2v) is 6.31. The second-order valence-electron chi connectivity index (χ2n) is 5.90. The minimum atomic E-state index is -0.345. The minimum absolute atomic E-state index is 0.307. The van der Waals surface area contributed by atoms with Gasteiger partial charge >= 0.3 is 0 Å². The molecule has 128 valence electrons. The zero-order chi connectivity index (χ0) is 16.8. The van der Waals surface area contributed by atoms with Crippen molar-refractivity contribution in [3.05, 3.63) is 64.4 Å². The fourth-order valence-corrected chi connectivity index (χ4v) is 2.98. The predicted molar refractivity (Wildman–Crippen MR) is 92.9 cm³/mol. The smallest absolute Gasteiger partial charge is 0.124 e. The quantitative estimate of drug-likeness (QED) is 0.807. The van der Waals surface area contributed by atoms with Crippen LogP contribution >= 0.6 is 11.6 Å². The van der Waals surface area contributed by atoms with Crippen LogP contribution in [0.3, 0.4) is 0 Å². The molecule has 0 spiro atoms. The van der Waals surface area contributed by atoms with E-state index in [1.807, 2.05) is 24.3 Å². The lowest BCUT2D eigenvalue weighted by molar-refractivity contribution is 0.110. The Labute approximate surface area is 146 Å². The Morgan fingerprint density at radius 2 is 2.08 bits per heavy atom. The van der Waals surface area contributed by atoms with E-state index < -0.39 is 0 Å². The average Bonchev–Trinajstić information content (AvgIpc) is 3.08. The van der Waals surface area contributed by atoms with E-state index in [0.29, 0.717) is 24.3 Å². The van der Waals surface area contributed by atoms with Crippen LogP contribution in [-0.4, -0.2) is 19.3 Å². The van der Waals surface area contributed by atoms with Crippen molar-refractivity contribution >= 4 is 11.6 Å². The Kier molecular flexibility index (Phi) is 6.07. The summed E-state index contributed by atoms with van der Waals surface area (Å²) in [6.07, 6.45) is 2.58. The summed E-state index contributed by atoms with van der Waals surface area (Å²) in [5.74, 6) is 0.459. The van der Waals surface area contributed by atoms with Gasteiger partial charge in [0, 0.05) is 30.8 Å². The van der Waals surface area contributed by atoms with E-state index in [0.717, 1.165) is 42.9 Å². The van der Waals surface area contributed by atoms with Crippen LogP contribution in [-0.2, 0) is 17.9 Å². The van der Waals surface area contributed by atoms with Crippen molar-refractivity contribution in [3.8, 4) is 5.75 Å². The van der Waals surface area contributed by atoms with E-state index in [1.54, 1.807) is 6.07 Å². The molecule has 0 bridgehead atoms. The average molecular weight is 350 g/mol. The van der Waals surface area contributed by atoms with Gasteiger partial charge in [0.05, 0.1) is 11.1 Å². The number of nitrogens with one attached hydrogen (secondary N) is 1. The number of rotatable bonds is 7. The van der Waals surface area contributed by atoms with Crippen LogP contribution in [0.15, 0.2) is 42.5 Å². The lowest BCUT2D eigenvalue weighted by Gasteiger charge is -2.14. The molecule has 1 atom stereocenters. The van der Waals surface area contributed by atoms with Gasteiger partial charge in [-0.3, -0.25) is 0 Å². The Hall–Kier alpha value is -1.62. The highest BCUT2D eigenvalue weighted by atomic mass is 35.5. The van der Waals surface area contributed by atoms with Crippen molar-refractivity contribution in [3.63, 3.8) is 0 Å². The molecule has 0 aliphatic carbocycles. The molecule has 2 aromatic carbocycles. The summed E-state index contributed by atoms with van der Waals surface area (Å²) in [5, 5.41) is 3.80. The van der Waals surface area contributed by atoms with Gasteiger partial charge in [0.15, 0.2) is 0 Å².